The maximum Gasteiger partial charge on any atom is 0.335 e. The molecule has 2 aromatic heterocycles. The number of Topliss-reactive ketones (excluding diaryl/α,β-unsaturated/α-hetero) is 1. The number of aliphatic hydroxyl groups is 1. The normalized spacial score (nSPS) is 17.0. The van der Waals surface area contributed by atoms with E-state index in [1.807, 2.05) is 0 Å². The highest BCUT2D eigenvalue weighted by Gasteiger charge is 2.49. The summed E-state index contributed by atoms with van der Waals surface area (Å²) in [5, 5.41) is 31.7. The van der Waals surface area contributed by atoms with Gasteiger partial charge < -0.3 is 10.2 Å². The average Bonchev–Trinajstić information content (AvgIpc) is 3.41. The highest BCUT2D eigenvalue weighted by Crippen LogP contribution is 2.44. The highest BCUT2D eigenvalue weighted by atomic mass is 32.1. The third-order valence-electron chi connectivity index (χ3n) is 5.57. The molecule has 178 valence electrons. The van der Waals surface area contributed by atoms with Gasteiger partial charge in [-0.25, -0.2) is 9.78 Å². The molecule has 0 saturated carbocycles. The molecule has 36 heavy (non-hydrogen) atoms. The summed E-state index contributed by atoms with van der Waals surface area (Å²) in [6.45, 7) is 0. The molecule has 2 aromatic carbocycles. The number of aliphatic hydroxyl groups excluding tert-OH is 1. The van der Waals surface area contributed by atoms with Crippen LogP contribution >= 0.6 is 11.3 Å². The monoisotopic (exact) mass is 502 g/mol. The van der Waals surface area contributed by atoms with Crippen LogP contribution < -0.4 is 4.90 Å². The summed E-state index contributed by atoms with van der Waals surface area (Å²) in [7, 11) is 0. The van der Waals surface area contributed by atoms with E-state index >= 15 is 0 Å². The molecule has 1 aliphatic heterocycles. The van der Waals surface area contributed by atoms with Crippen LogP contribution in [0.5, 0.6) is 0 Å². The van der Waals surface area contributed by atoms with Gasteiger partial charge in [0.2, 0.25) is 0 Å². The first-order valence-corrected chi connectivity index (χ1v) is 11.2. The van der Waals surface area contributed by atoms with Crippen LogP contribution in [0.2, 0.25) is 0 Å². The zero-order valence-corrected chi connectivity index (χ0v) is 18.9. The molecule has 4 aromatic rings. The quantitative estimate of drug-likeness (QED) is 0.135. The van der Waals surface area contributed by atoms with Gasteiger partial charge in [0.25, 0.3) is 11.5 Å². The second-order valence-electron chi connectivity index (χ2n) is 7.72. The molecule has 0 bridgehead atoms. The number of pyridine rings is 1. The lowest BCUT2D eigenvalue weighted by molar-refractivity contribution is -0.384. The average molecular weight is 502 g/mol. The maximum atomic E-state index is 13.2. The number of rotatable bonds is 5. The SMILES string of the molecule is O=C1C(=O)N(c2nc3ccc(C(=O)O)cc3s2)C(c2ccccn2)/C1=C(\O)c1cccc([N+](=O)[O-])c1. The molecule has 12 heteroatoms. The number of fused-ring (bicyclic) bond motifs is 1. The molecule has 5 rings (SSSR count). The number of hydrogen-bond acceptors (Lipinski definition) is 9. The van der Waals surface area contributed by atoms with E-state index in [0.29, 0.717) is 10.2 Å². The summed E-state index contributed by atoms with van der Waals surface area (Å²) >= 11 is 1.00. The molecular formula is C24H14N4O7S. The Morgan fingerprint density at radius 3 is 2.53 bits per heavy atom. The first kappa shape index (κ1) is 22.8. The van der Waals surface area contributed by atoms with E-state index in [4.69, 9.17) is 0 Å². The number of anilines is 1. The molecule has 1 saturated heterocycles. The molecular weight excluding hydrogens is 488 g/mol. The number of nitro benzene ring substituents is 1. The molecule has 1 atom stereocenters. The van der Waals surface area contributed by atoms with Crippen LogP contribution in [0, 0.1) is 10.1 Å². The summed E-state index contributed by atoms with van der Waals surface area (Å²) in [5.74, 6) is -3.71. The van der Waals surface area contributed by atoms with E-state index in [0.717, 1.165) is 22.3 Å². The number of benzene rings is 2. The van der Waals surface area contributed by atoms with Crippen LogP contribution in [0.25, 0.3) is 16.0 Å². The number of nitro groups is 1. The lowest BCUT2D eigenvalue weighted by atomic mass is 9.98. The predicted octanol–water partition coefficient (Wildman–Crippen LogP) is 3.92. The van der Waals surface area contributed by atoms with Crippen molar-refractivity contribution in [2.45, 2.75) is 6.04 Å². The van der Waals surface area contributed by atoms with E-state index in [1.54, 1.807) is 18.2 Å². The van der Waals surface area contributed by atoms with Crippen molar-refractivity contribution in [3.05, 3.63) is 99.4 Å². The molecule has 1 unspecified atom stereocenters. The fraction of sp³-hybridized carbons (Fsp3) is 0.0417. The van der Waals surface area contributed by atoms with E-state index in [2.05, 4.69) is 9.97 Å². The molecule has 0 aliphatic carbocycles. The number of nitrogens with zero attached hydrogens (tertiary/aromatic N) is 4. The van der Waals surface area contributed by atoms with Gasteiger partial charge >= 0.3 is 11.9 Å². The van der Waals surface area contributed by atoms with Crippen LogP contribution in [0.3, 0.4) is 0 Å². The van der Waals surface area contributed by atoms with E-state index in [1.165, 1.54) is 42.6 Å². The van der Waals surface area contributed by atoms with Gasteiger partial charge in [-0.2, -0.15) is 0 Å². The number of ketones is 1. The number of non-ortho nitro benzene ring substituents is 1. The zero-order valence-electron chi connectivity index (χ0n) is 18.1. The number of carboxylic acids is 1. The van der Waals surface area contributed by atoms with Crippen molar-refractivity contribution in [2.24, 2.45) is 0 Å². The number of aromatic carboxylic acids is 1. The lowest BCUT2D eigenvalue weighted by Crippen LogP contribution is -2.29. The third kappa shape index (κ3) is 3.75. The summed E-state index contributed by atoms with van der Waals surface area (Å²) in [5.41, 5.74) is 0.0903. The van der Waals surface area contributed by atoms with E-state index in [9.17, 15) is 34.7 Å². The molecule has 2 N–H and O–H groups in total. The van der Waals surface area contributed by atoms with Crippen LogP contribution in [-0.4, -0.2) is 42.8 Å². The minimum absolute atomic E-state index is 0.0152. The third-order valence-corrected chi connectivity index (χ3v) is 6.59. The van der Waals surface area contributed by atoms with Crippen molar-refractivity contribution in [1.29, 1.82) is 0 Å². The van der Waals surface area contributed by atoms with Crippen LogP contribution in [0.15, 0.2) is 72.4 Å². The number of thiazole rings is 1. The number of carboxylic acid groups (broad SMARTS) is 1. The van der Waals surface area contributed by atoms with Crippen molar-refractivity contribution in [1.82, 2.24) is 9.97 Å². The predicted molar refractivity (Wildman–Crippen MR) is 129 cm³/mol. The second kappa shape index (κ2) is 8.67. The van der Waals surface area contributed by atoms with Gasteiger partial charge in [0.15, 0.2) is 5.13 Å². The Morgan fingerprint density at radius 2 is 1.83 bits per heavy atom. The van der Waals surface area contributed by atoms with Gasteiger partial charge in [-0.3, -0.25) is 29.6 Å². The smallest absolute Gasteiger partial charge is 0.335 e. The molecule has 11 nitrogen and oxygen atoms in total. The van der Waals surface area contributed by atoms with Crippen molar-refractivity contribution < 1.29 is 29.5 Å². The minimum Gasteiger partial charge on any atom is -0.507 e. The number of hydrogen-bond donors (Lipinski definition) is 2. The van der Waals surface area contributed by atoms with Crippen molar-refractivity contribution in [3.63, 3.8) is 0 Å². The Hall–Kier alpha value is -4.97. The van der Waals surface area contributed by atoms with Gasteiger partial charge in [-0.1, -0.05) is 29.5 Å². The number of amides is 1. The minimum atomic E-state index is -1.18. The van der Waals surface area contributed by atoms with Crippen LogP contribution in [0.1, 0.15) is 27.7 Å². The highest BCUT2D eigenvalue weighted by molar-refractivity contribution is 7.22. The van der Waals surface area contributed by atoms with Crippen molar-refractivity contribution in [3.8, 4) is 0 Å². The van der Waals surface area contributed by atoms with Gasteiger partial charge in [0.1, 0.15) is 11.8 Å². The van der Waals surface area contributed by atoms with Gasteiger partial charge in [-0.15, -0.1) is 0 Å². The lowest BCUT2D eigenvalue weighted by Gasteiger charge is -2.21. The summed E-state index contributed by atoms with van der Waals surface area (Å²) in [6, 6.07) is 13.0. The number of carbonyl (C=O) groups excluding carboxylic acids is 2. The fourth-order valence-electron chi connectivity index (χ4n) is 3.92. The second-order valence-corrected chi connectivity index (χ2v) is 8.72. The molecule has 0 radical (unpaired) electrons. The first-order chi connectivity index (χ1) is 17.3. The topological polar surface area (TPSA) is 164 Å². The summed E-state index contributed by atoms with van der Waals surface area (Å²) < 4.78 is 0.477. The molecule has 1 amide bonds. The molecule has 1 aliphatic rings. The van der Waals surface area contributed by atoms with E-state index in [-0.39, 0.29) is 33.2 Å². The van der Waals surface area contributed by atoms with E-state index < -0.39 is 34.4 Å². The Balaban J connectivity index is 1.71. The van der Waals surface area contributed by atoms with Crippen molar-refractivity contribution in [2.75, 3.05) is 4.90 Å². The van der Waals surface area contributed by atoms with Gasteiger partial charge in [0.05, 0.1) is 32.0 Å². The van der Waals surface area contributed by atoms with Crippen LogP contribution in [0.4, 0.5) is 10.8 Å². The standard InChI is InChI=1S/C24H14N4O7S/c29-20(12-4-3-5-14(10-12)28(34)35)18-19(16-6-1-2-9-25-16)27(22(31)21(18)30)24-26-15-8-7-13(23(32)33)11-17(15)36-24/h1-11,19,29H,(H,32,33)/b20-18+. The summed E-state index contributed by atoms with van der Waals surface area (Å²) in [4.78, 5) is 58.1. The molecule has 0 spiro atoms. The van der Waals surface area contributed by atoms with Gasteiger partial charge in [-0.05, 0) is 30.3 Å². The Labute approximate surface area is 205 Å². The number of carbonyl (C=O) groups is 3. The largest absolute Gasteiger partial charge is 0.507 e. The Bertz CT molecular complexity index is 1610. The number of aromatic nitrogens is 2. The van der Waals surface area contributed by atoms with Crippen molar-refractivity contribution >= 4 is 55.8 Å². The zero-order chi connectivity index (χ0) is 25.6. The van der Waals surface area contributed by atoms with Gasteiger partial charge in [0, 0.05) is 23.9 Å². The fourth-order valence-corrected chi connectivity index (χ4v) is 4.95. The Kier molecular flexibility index (Phi) is 5.49. The maximum absolute atomic E-state index is 13.2. The summed E-state index contributed by atoms with van der Waals surface area (Å²) in [6.07, 6.45) is 1.46. The first-order valence-electron chi connectivity index (χ1n) is 10.4. The molecule has 3 heterocycles. The Morgan fingerprint density at radius 1 is 1.03 bits per heavy atom. The van der Waals surface area contributed by atoms with Crippen LogP contribution in [-0.2, 0) is 9.59 Å². The molecule has 1 fully saturated rings.